The van der Waals surface area contributed by atoms with Crippen LogP contribution in [0.1, 0.15) is 40.0 Å². The van der Waals surface area contributed by atoms with Crippen molar-refractivity contribution in [3.8, 4) is 0 Å². The van der Waals surface area contributed by atoms with Crippen LogP contribution in [0.5, 0.6) is 0 Å². The van der Waals surface area contributed by atoms with Gasteiger partial charge in [-0.2, -0.15) is 0 Å². The number of rotatable bonds is 4. The first-order chi connectivity index (χ1) is 8.69. The number of para-hydroxylation sites is 1. The van der Waals surface area contributed by atoms with E-state index in [0.717, 1.165) is 17.6 Å². The minimum atomic E-state index is 0.655. The zero-order valence-corrected chi connectivity index (χ0v) is 12.6. The molecular weight excluding hydrogens is 238 g/mol. The third kappa shape index (κ3) is 3.68. The molecule has 1 fully saturated rings. The van der Waals surface area contributed by atoms with Gasteiger partial charge in [-0.05, 0) is 49.0 Å². The van der Waals surface area contributed by atoms with E-state index in [4.69, 9.17) is 0 Å². The second-order valence-electron chi connectivity index (χ2n) is 5.69. The van der Waals surface area contributed by atoms with Crippen molar-refractivity contribution >= 4 is 17.4 Å². The number of hydrogen-bond donors (Lipinski definition) is 1. The highest BCUT2D eigenvalue weighted by molar-refractivity contribution is 7.99. The van der Waals surface area contributed by atoms with Gasteiger partial charge in [0, 0.05) is 16.6 Å². The summed E-state index contributed by atoms with van der Waals surface area (Å²) >= 11 is 1.93. The van der Waals surface area contributed by atoms with Gasteiger partial charge in [0.1, 0.15) is 0 Å². The Morgan fingerprint density at radius 2 is 1.78 bits per heavy atom. The first-order valence-electron chi connectivity index (χ1n) is 7.17. The summed E-state index contributed by atoms with van der Waals surface area (Å²) in [5.41, 5.74) is 1.33. The summed E-state index contributed by atoms with van der Waals surface area (Å²) in [6, 6.07) is 9.38. The Balaban J connectivity index is 2.04. The Labute approximate surface area is 116 Å². The number of thioether (sulfide) groups is 1. The van der Waals surface area contributed by atoms with Crippen molar-refractivity contribution in [1.29, 1.82) is 0 Å². The first kappa shape index (κ1) is 13.8. The molecule has 2 atom stereocenters. The highest BCUT2D eigenvalue weighted by Crippen LogP contribution is 2.33. The van der Waals surface area contributed by atoms with Gasteiger partial charge in [0.2, 0.25) is 0 Å². The van der Waals surface area contributed by atoms with Crippen molar-refractivity contribution < 1.29 is 0 Å². The molecule has 1 nitrogen and oxygen atoms in total. The molecule has 0 heterocycles. The van der Waals surface area contributed by atoms with Gasteiger partial charge in [-0.3, -0.25) is 0 Å². The van der Waals surface area contributed by atoms with E-state index >= 15 is 0 Å². The molecule has 0 aliphatic heterocycles. The average molecular weight is 263 g/mol. The van der Waals surface area contributed by atoms with Gasteiger partial charge in [0.15, 0.2) is 0 Å². The van der Waals surface area contributed by atoms with Gasteiger partial charge in [0.25, 0.3) is 0 Å². The van der Waals surface area contributed by atoms with E-state index in [1.54, 1.807) is 0 Å². The van der Waals surface area contributed by atoms with E-state index in [1.165, 1.54) is 29.8 Å². The summed E-state index contributed by atoms with van der Waals surface area (Å²) < 4.78 is 0. The molecule has 1 N–H and O–H groups in total. The molecule has 0 radical (unpaired) electrons. The maximum absolute atomic E-state index is 3.77. The molecule has 1 aliphatic carbocycles. The molecule has 0 amide bonds. The van der Waals surface area contributed by atoms with Gasteiger partial charge in [-0.1, -0.05) is 32.9 Å². The minimum absolute atomic E-state index is 0.655. The first-order valence-corrected chi connectivity index (χ1v) is 8.16. The molecule has 0 spiro atoms. The van der Waals surface area contributed by atoms with Gasteiger partial charge >= 0.3 is 0 Å². The fourth-order valence-electron chi connectivity index (χ4n) is 3.15. The summed E-state index contributed by atoms with van der Waals surface area (Å²) in [6.45, 7) is 6.99. The molecule has 1 aliphatic rings. The summed E-state index contributed by atoms with van der Waals surface area (Å²) in [5.74, 6) is 2.85. The van der Waals surface area contributed by atoms with Gasteiger partial charge in [-0.15, -0.1) is 11.8 Å². The number of anilines is 1. The van der Waals surface area contributed by atoms with E-state index in [1.807, 2.05) is 11.8 Å². The second-order valence-corrected chi connectivity index (χ2v) is 6.99. The molecule has 0 bridgehead atoms. The van der Waals surface area contributed by atoms with Crippen molar-refractivity contribution in [2.75, 3.05) is 11.1 Å². The van der Waals surface area contributed by atoms with Crippen LogP contribution in [-0.4, -0.2) is 11.8 Å². The van der Waals surface area contributed by atoms with Crippen LogP contribution in [0.15, 0.2) is 29.2 Å². The summed E-state index contributed by atoms with van der Waals surface area (Å²) in [7, 11) is 0. The number of benzene rings is 1. The van der Waals surface area contributed by atoms with Crippen molar-refractivity contribution in [3.05, 3.63) is 24.3 Å². The van der Waals surface area contributed by atoms with E-state index in [9.17, 15) is 0 Å². The van der Waals surface area contributed by atoms with E-state index < -0.39 is 0 Å². The van der Waals surface area contributed by atoms with Crippen molar-refractivity contribution in [3.63, 3.8) is 0 Å². The van der Waals surface area contributed by atoms with Crippen molar-refractivity contribution in [2.24, 2.45) is 11.8 Å². The molecule has 100 valence electrons. The van der Waals surface area contributed by atoms with Crippen LogP contribution in [0.4, 0.5) is 5.69 Å². The molecule has 0 saturated heterocycles. The number of hydrogen-bond acceptors (Lipinski definition) is 2. The maximum Gasteiger partial charge on any atom is 0.0480 e. The largest absolute Gasteiger partial charge is 0.381 e. The Hall–Kier alpha value is -0.630. The maximum atomic E-state index is 3.77. The molecule has 2 heteroatoms. The van der Waals surface area contributed by atoms with Crippen LogP contribution in [-0.2, 0) is 0 Å². The fourth-order valence-corrected chi connectivity index (χ4v) is 3.92. The lowest BCUT2D eigenvalue weighted by Gasteiger charge is -2.33. The third-order valence-electron chi connectivity index (χ3n) is 3.73. The van der Waals surface area contributed by atoms with E-state index in [0.29, 0.717) is 6.04 Å². The lowest BCUT2D eigenvalue weighted by atomic mass is 9.80. The van der Waals surface area contributed by atoms with Gasteiger partial charge < -0.3 is 5.32 Å². The predicted octanol–water partition coefficient (Wildman–Crippen LogP) is 5.04. The third-order valence-corrected chi connectivity index (χ3v) is 4.68. The Morgan fingerprint density at radius 1 is 1.11 bits per heavy atom. The number of nitrogens with one attached hydrogen (secondary N) is 1. The Morgan fingerprint density at radius 3 is 2.44 bits per heavy atom. The van der Waals surface area contributed by atoms with Crippen molar-refractivity contribution in [1.82, 2.24) is 0 Å². The smallest absolute Gasteiger partial charge is 0.0480 e. The molecule has 0 aromatic heterocycles. The van der Waals surface area contributed by atoms with Crippen LogP contribution < -0.4 is 5.32 Å². The minimum Gasteiger partial charge on any atom is -0.381 e. The van der Waals surface area contributed by atoms with Crippen LogP contribution in [0.3, 0.4) is 0 Å². The second kappa shape index (κ2) is 6.51. The molecule has 1 aromatic carbocycles. The highest BCUT2D eigenvalue weighted by atomic mass is 32.2. The van der Waals surface area contributed by atoms with Crippen LogP contribution >= 0.6 is 11.8 Å². The lowest BCUT2D eigenvalue weighted by Crippen LogP contribution is -2.30. The van der Waals surface area contributed by atoms with Crippen LogP contribution in [0, 0.1) is 11.8 Å². The molecule has 2 rings (SSSR count). The SMILES string of the molecule is CCSc1ccccc1NC1CC(C)CC(C)C1. The quantitative estimate of drug-likeness (QED) is 0.764. The zero-order valence-electron chi connectivity index (χ0n) is 11.8. The average Bonchev–Trinajstić information content (AvgIpc) is 2.30. The van der Waals surface area contributed by atoms with Crippen molar-refractivity contribution in [2.45, 2.75) is 51.0 Å². The predicted molar refractivity (Wildman–Crippen MR) is 82.4 cm³/mol. The highest BCUT2D eigenvalue weighted by Gasteiger charge is 2.24. The van der Waals surface area contributed by atoms with Gasteiger partial charge in [0.05, 0.1) is 0 Å². The van der Waals surface area contributed by atoms with Crippen LogP contribution in [0.25, 0.3) is 0 Å². The van der Waals surface area contributed by atoms with E-state index in [-0.39, 0.29) is 0 Å². The Kier molecular flexibility index (Phi) is 4.99. The molecule has 2 unspecified atom stereocenters. The van der Waals surface area contributed by atoms with Crippen LogP contribution in [0.2, 0.25) is 0 Å². The molecule has 1 saturated carbocycles. The Bertz CT molecular complexity index is 367. The molecule has 1 aromatic rings. The summed E-state index contributed by atoms with van der Waals surface area (Å²) in [4.78, 5) is 1.39. The summed E-state index contributed by atoms with van der Waals surface area (Å²) in [6.07, 6.45) is 4.02. The normalized spacial score (nSPS) is 28.1. The monoisotopic (exact) mass is 263 g/mol. The van der Waals surface area contributed by atoms with E-state index in [2.05, 4.69) is 50.4 Å². The zero-order chi connectivity index (χ0) is 13.0. The molecular formula is C16H25NS. The van der Waals surface area contributed by atoms with Gasteiger partial charge in [-0.25, -0.2) is 0 Å². The molecule has 18 heavy (non-hydrogen) atoms. The standard InChI is InChI=1S/C16H25NS/c1-4-18-16-8-6-5-7-15(16)17-14-10-12(2)9-13(3)11-14/h5-8,12-14,17H,4,9-11H2,1-3H3. The topological polar surface area (TPSA) is 12.0 Å². The lowest BCUT2D eigenvalue weighted by molar-refractivity contribution is 0.280. The fraction of sp³-hybridized carbons (Fsp3) is 0.625. The summed E-state index contributed by atoms with van der Waals surface area (Å²) in [5, 5.41) is 3.77.